The highest BCUT2D eigenvalue weighted by molar-refractivity contribution is 4.60. The van der Waals surface area contributed by atoms with Crippen LogP contribution in [0.2, 0.25) is 0 Å². The maximum Gasteiger partial charge on any atom is -0.00218 e. The van der Waals surface area contributed by atoms with Crippen LogP contribution in [0.5, 0.6) is 0 Å². The number of hydrogen-bond donors (Lipinski definition) is 0. The second-order valence-electron chi connectivity index (χ2n) is 10.5. The lowest BCUT2D eigenvalue weighted by Gasteiger charge is -2.20. The van der Waals surface area contributed by atoms with E-state index in [1.54, 1.807) is 0 Å². The van der Waals surface area contributed by atoms with Gasteiger partial charge >= 0.3 is 0 Å². The quantitative estimate of drug-likeness (QED) is 0.384. The lowest BCUT2D eigenvalue weighted by molar-refractivity contribution is 0.277. The van der Waals surface area contributed by atoms with Crippen molar-refractivity contribution >= 4 is 0 Å². The van der Waals surface area contributed by atoms with Crippen molar-refractivity contribution in [3.8, 4) is 0 Å². The van der Waals surface area contributed by atoms with Crippen molar-refractivity contribution in [3.05, 3.63) is 0 Å². The van der Waals surface area contributed by atoms with E-state index in [-0.39, 0.29) is 14.9 Å². The molecule has 0 bridgehead atoms. The molecule has 0 N–H and O–H groups in total. The third-order valence-electron chi connectivity index (χ3n) is 7.07. The third-order valence-corrected chi connectivity index (χ3v) is 7.07. The Labute approximate surface area is 211 Å². The van der Waals surface area contributed by atoms with Gasteiger partial charge in [-0.25, -0.2) is 0 Å². The first-order chi connectivity index (χ1) is 15.1. The number of piperidine rings is 2. The predicted molar refractivity (Wildman–Crippen MR) is 153 cm³/mol. The van der Waals surface area contributed by atoms with Gasteiger partial charge in [0.05, 0.1) is 0 Å². The van der Waals surface area contributed by atoms with E-state index in [2.05, 4.69) is 47.8 Å². The zero-order chi connectivity index (χ0) is 22.6. The Morgan fingerprint density at radius 3 is 0.545 bits per heavy atom. The molecule has 0 saturated carbocycles. The van der Waals surface area contributed by atoms with Crippen LogP contribution in [-0.4, -0.2) is 100 Å². The van der Waals surface area contributed by atoms with Gasteiger partial charge in [-0.2, -0.15) is 0 Å². The van der Waals surface area contributed by atoms with Gasteiger partial charge in [-0.05, 0) is 132 Å². The maximum absolute atomic E-state index is 2.44. The van der Waals surface area contributed by atoms with Crippen LogP contribution in [0.15, 0.2) is 0 Å². The Kier molecular flexibility index (Phi) is 26.5. The fraction of sp³-hybridized carbons (Fsp3) is 1.00. The summed E-state index contributed by atoms with van der Waals surface area (Å²) in [6.07, 6.45) is 21.5. The molecule has 0 aromatic carbocycles. The molecule has 0 amide bonds. The summed E-state index contributed by atoms with van der Waals surface area (Å²) in [6, 6.07) is 0. The fourth-order valence-electron chi connectivity index (χ4n) is 4.74. The van der Waals surface area contributed by atoms with Gasteiger partial charge in [-0.15, -0.1) is 0 Å². The van der Waals surface area contributed by atoms with Crippen LogP contribution in [0.25, 0.3) is 0 Å². The summed E-state index contributed by atoms with van der Waals surface area (Å²) < 4.78 is 0. The minimum atomic E-state index is 0. The Bertz CT molecular complexity index is 333. The zero-order valence-corrected chi connectivity index (χ0v) is 22.1. The highest BCUT2D eigenvalue weighted by atomic mass is 15.1. The molecular weight excluding hydrogens is 404 g/mol. The summed E-state index contributed by atoms with van der Waals surface area (Å²) in [5.41, 5.74) is 0. The number of rotatable bonds is 0. The van der Waals surface area contributed by atoms with Crippen LogP contribution in [-0.2, 0) is 0 Å². The second kappa shape index (κ2) is 24.9. The monoisotopic (exact) mass is 471 g/mol. The minimum absolute atomic E-state index is 0. The molecule has 0 atom stereocenters. The van der Waals surface area contributed by atoms with Crippen molar-refractivity contribution in [1.82, 2.24) is 19.6 Å². The summed E-state index contributed by atoms with van der Waals surface area (Å²) in [7, 11) is 8.83. The standard InChI is InChI=1S/C8H17N.C7H15N.2C6H13N.2CH4/c1-9-7-5-3-2-4-6-8-9;1-8-6-4-2-3-5-7-8;2*1-7-5-3-2-4-6-7;;/h2-8H2,1H3;2-7H2,1H3;2*2-6H2,1H3;2*1H4. The summed E-state index contributed by atoms with van der Waals surface area (Å²) in [6.45, 7) is 10.6. The van der Waals surface area contributed by atoms with Crippen LogP contribution < -0.4 is 0 Å². The molecule has 0 aromatic rings. The van der Waals surface area contributed by atoms with Crippen molar-refractivity contribution in [3.63, 3.8) is 0 Å². The Morgan fingerprint density at radius 2 is 0.364 bits per heavy atom. The first-order valence-electron chi connectivity index (χ1n) is 13.8. The highest BCUT2D eigenvalue weighted by Gasteiger charge is 2.04. The molecule has 4 aliphatic heterocycles. The fourth-order valence-corrected chi connectivity index (χ4v) is 4.74. The van der Waals surface area contributed by atoms with Gasteiger partial charge in [0.1, 0.15) is 0 Å². The van der Waals surface area contributed by atoms with E-state index >= 15 is 0 Å². The molecule has 4 rings (SSSR count). The molecule has 0 unspecified atom stereocenters. The van der Waals surface area contributed by atoms with Gasteiger partial charge in [-0.1, -0.05) is 59.8 Å². The lowest BCUT2D eigenvalue weighted by atomic mass is 10.1. The van der Waals surface area contributed by atoms with E-state index in [1.165, 1.54) is 149 Å². The normalized spacial score (nSPS) is 23.6. The molecule has 4 aliphatic rings. The molecule has 4 nitrogen and oxygen atoms in total. The van der Waals surface area contributed by atoms with Crippen LogP contribution in [0.1, 0.15) is 111 Å². The Hall–Kier alpha value is -0.160. The molecule has 33 heavy (non-hydrogen) atoms. The third kappa shape index (κ3) is 23.4. The van der Waals surface area contributed by atoms with Crippen molar-refractivity contribution in [2.75, 3.05) is 80.5 Å². The summed E-state index contributed by atoms with van der Waals surface area (Å²) >= 11 is 0. The van der Waals surface area contributed by atoms with E-state index in [4.69, 9.17) is 0 Å². The van der Waals surface area contributed by atoms with Crippen molar-refractivity contribution in [1.29, 1.82) is 0 Å². The zero-order valence-electron chi connectivity index (χ0n) is 22.1. The summed E-state index contributed by atoms with van der Waals surface area (Å²) in [4.78, 5) is 9.65. The Balaban J connectivity index is 0. The van der Waals surface area contributed by atoms with E-state index < -0.39 is 0 Å². The minimum Gasteiger partial charge on any atom is -0.306 e. The van der Waals surface area contributed by atoms with Gasteiger partial charge in [0, 0.05) is 0 Å². The number of nitrogens with zero attached hydrogens (tertiary/aromatic N) is 4. The molecule has 0 spiro atoms. The smallest absolute Gasteiger partial charge is 0.00218 e. The van der Waals surface area contributed by atoms with Crippen molar-refractivity contribution in [2.45, 2.75) is 111 Å². The molecule has 0 aromatic heterocycles. The topological polar surface area (TPSA) is 13.0 Å². The van der Waals surface area contributed by atoms with Crippen molar-refractivity contribution < 1.29 is 0 Å². The average molecular weight is 471 g/mol. The molecular formula is C29H66N4. The molecule has 0 radical (unpaired) electrons. The van der Waals surface area contributed by atoms with Crippen molar-refractivity contribution in [2.24, 2.45) is 0 Å². The van der Waals surface area contributed by atoms with E-state index in [0.29, 0.717) is 0 Å². The molecule has 4 heterocycles. The molecule has 4 saturated heterocycles. The maximum atomic E-state index is 2.44. The predicted octanol–water partition coefficient (Wildman–Crippen LogP) is 6.85. The van der Waals surface area contributed by atoms with Gasteiger partial charge in [0.25, 0.3) is 0 Å². The second-order valence-corrected chi connectivity index (χ2v) is 10.5. The number of hydrogen-bond acceptors (Lipinski definition) is 4. The molecule has 0 aliphatic carbocycles. The van der Waals surface area contributed by atoms with E-state index in [1.807, 2.05) is 0 Å². The van der Waals surface area contributed by atoms with Crippen LogP contribution in [0, 0.1) is 0 Å². The van der Waals surface area contributed by atoms with Crippen LogP contribution in [0.3, 0.4) is 0 Å². The van der Waals surface area contributed by atoms with E-state index in [9.17, 15) is 0 Å². The van der Waals surface area contributed by atoms with Crippen LogP contribution in [0.4, 0.5) is 0 Å². The lowest BCUT2D eigenvalue weighted by Crippen LogP contribution is -2.24. The number of likely N-dealkylation sites (tertiary alicyclic amines) is 4. The largest absolute Gasteiger partial charge is 0.306 e. The molecule has 202 valence electrons. The van der Waals surface area contributed by atoms with E-state index in [0.717, 1.165) is 0 Å². The molecule has 4 fully saturated rings. The average Bonchev–Trinajstić information content (AvgIpc) is 3.01. The SMILES string of the molecule is C.C.CN1CCCCC1.CN1CCCCC1.CN1CCCCCC1.CN1CCCCCCC1. The first kappa shape index (κ1) is 35.0. The summed E-state index contributed by atoms with van der Waals surface area (Å²) in [5.74, 6) is 0. The van der Waals surface area contributed by atoms with Crippen LogP contribution >= 0.6 is 0 Å². The first-order valence-corrected chi connectivity index (χ1v) is 13.8. The highest BCUT2D eigenvalue weighted by Crippen LogP contribution is 2.08. The van der Waals surface area contributed by atoms with Gasteiger partial charge in [0.15, 0.2) is 0 Å². The Morgan fingerprint density at radius 1 is 0.242 bits per heavy atom. The van der Waals surface area contributed by atoms with Gasteiger partial charge < -0.3 is 19.6 Å². The molecule has 4 heteroatoms. The summed E-state index contributed by atoms with van der Waals surface area (Å²) in [5, 5.41) is 0. The van der Waals surface area contributed by atoms with Gasteiger partial charge in [-0.3, -0.25) is 0 Å². The van der Waals surface area contributed by atoms with Gasteiger partial charge in [0.2, 0.25) is 0 Å².